The van der Waals surface area contributed by atoms with Crippen molar-refractivity contribution in [3.63, 3.8) is 0 Å². The fourth-order valence-corrected chi connectivity index (χ4v) is 3.91. The third-order valence-electron chi connectivity index (χ3n) is 5.26. The molecule has 1 heterocycles. The molecule has 1 amide bonds. The summed E-state index contributed by atoms with van der Waals surface area (Å²) in [4.78, 5) is 17.4. The fourth-order valence-electron chi connectivity index (χ4n) is 3.91. The van der Waals surface area contributed by atoms with Crippen molar-refractivity contribution in [1.29, 1.82) is 0 Å². The first-order valence-corrected chi connectivity index (χ1v) is 10.9. The number of carbonyl (C=O) groups is 1. The molecule has 0 unspecified atom stereocenters. The Kier molecular flexibility index (Phi) is 10.5. The summed E-state index contributed by atoms with van der Waals surface area (Å²) in [6.45, 7) is 7.92. The molecular formula is C23H38N2O7. The number of aliphatic hydroxyl groups is 1. The van der Waals surface area contributed by atoms with Crippen LogP contribution in [0.3, 0.4) is 0 Å². The Balaban J connectivity index is 2.18. The van der Waals surface area contributed by atoms with Gasteiger partial charge >= 0.3 is 0 Å². The molecule has 2 rings (SSSR count). The number of nitrogens with zero attached hydrogens (tertiary/aromatic N) is 2. The van der Waals surface area contributed by atoms with Crippen LogP contribution in [-0.4, -0.2) is 107 Å². The number of β-amino-alcohol motifs (C(OH)–C–C–N with tert-alkyl or cyclic N) is 1. The Morgan fingerprint density at radius 3 is 2.38 bits per heavy atom. The number of morpholine rings is 1. The number of aliphatic hydroxyl groups excluding tert-OH is 1. The van der Waals surface area contributed by atoms with E-state index in [4.69, 9.17) is 23.7 Å². The smallest absolute Gasteiger partial charge is 0.254 e. The van der Waals surface area contributed by atoms with Crippen molar-refractivity contribution in [1.82, 2.24) is 9.80 Å². The van der Waals surface area contributed by atoms with Crippen LogP contribution in [0.5, 0.6) is 17.2 Å². The Bertz CT molecular complexity index is 703. The molecule has 0 saturated carbocycles. The third-order valence-corrected chi connectivity index (χ3v) is 5.26. The number of methoxy groups -OCH3 is 4. The number of hydrogen-bond acceptors (Lipinski definition) is 8. The molecule has 2 atom stereocenters. The van der Waals surface area contributed by atoms with Gasteiger partial charge in [0.05, 0.1) is 46.8 Å². The molecule has 1 saturated heterocycles. The van der Waals surface area contributed by atoms with E-state index < -0.39 is 6.10 Å². The van der Waals surface area contributed by atoms with Crippen molar-refractivity contribution < 1.29 is 33.6 Å². The second kappa shape index (κ2) is 12.8. The van der Waals surface area contributed by atoms with Crippen molar-refractivity contribution in [2.24, 2.45) is 5.92 Å². The molecule has 0 aromatic heterocycles. The topological polar surface area (TPSA) is 89.9 Å². The van der Waals surface area contributed by atoms with Gasteiger partial charge in [0.15, 0.2) is 11.5 Å². The van der Waals surface area contributed by atoms with Gasteiger partial charge in [-0.05, 0) is 18.1 Å². The number of carbonyl (C=O) groups excluding carboxylic acids is 1. The van der Waals surface area contributed by atoms with Gasteiger partial charge in [0, 0.05) is 45.4 Å². The Labute approximate surface area is 191 Å². The monoisotopic (exact) mass is 454 g/mol. The van der Waals surface area contributed by atoms with Crippen molar-refractivity contribution in [2.45, 2.75) is 26.1 Å². The molecule has 32 heavy (non-hydrogen) atoms. The number of benzene rings is 1. The molecule has 9 heteroatoms. The third kappa shape index (κ3) is 7.23. The molecule has 0 bridgehead atoms. The van der Waals surface area contributed by atoms with Gasteiger partial charge in [-0.2, -0.15) is 0 Å². The molecule has 1 aliphatic heterocycles. The fraction of sp³-hybridized carbons (Fsp3) is 0.696. The van der Waals surface area contributed by atoms with Crippen LogP contribution in [0, 0.1) is 5.92 Å². The van der Waals surface area contributed by atoms with Gasteiger partial charge in [0.2, 0.25) is 5.75 Å². The van der Waals surface area contributed by atoms with Crippen molar-refractivity contribution >= 4 is 5.91 Å². The van der Waals surface area contributed by atoms with Gasteiger partial charge in [-0.15, -0.1) is 0 Å². The van der Waals surface area contributed by atoms with Gasteiger partial charge in [0.1, 0.15) is 0 Å². The summed E-state index contributed by atoms with van der Waals surface area (Å²) in [6.07, 6.45) is -0.699. The van der Waals surface area contributed by atoms with Gasteiger partial charge in [0.25, 0.3) is 5.91 Å². The maximum Gasteiger partial charge on any atom is 0.254 e. The van der Waals surface area contributed by atoms with Crippen LogP contribution in [0.25, 0.3) is 0 Å². The summed E-state index contributed by atoms with van der Waals surface area (Å²) in [5.74, 6) is 1.48. The number of hydrogen-bond donors (Lipinski definition) is 1. The first-order chi connectivity index (χ1) is 15.3. The summed E-state index contributed by atoms with van der Waals surface area (Å²) >= 11 is 0. The minimum atomic E-state index is -0.550. The van der Waals surface area contributed by atoms with E-state index >= 15 is 0 Å². The molecule has 182 valence electrons. The molecule has 0 spiro atoms. The Morgan fingerprint density at radius 2 is 1.84 bits per heavy atom. The van der Waals surface area contributed by atoms with Crippen molar-refractivity contribution in [2.75, 3.05) is 74.4 Å². The highest BCUT2D eigenvalue weighted by atomic mass is 16.5. The van der Waals surface area contributed by atoms with Gasteiger partial charge in [-0.25, -0.2) is 0 Å². The predicted octanol–water partition coefficient (Wildman–Crippen LogP) is 1.52. The molecule has 1 aromatic rings. The highest BCUT2D eigenvalue weighted by molar-refractivity contribution is 5.95. The van der Waals surface area contributed by atoms with Crippen LogP contribution >= 0.6 is 0 Å². The first kappa shape index (κ1) is 26.2. The molecule has 1 aliphatic rings. The van der Waals surface area contributed by atoms with E-state index in [2.05, 4.69) is 18.7 Å². The van der Waals surface area contributed by atoms with Crippen LogP contribution in [0.4, 0.5) is 0 Å². The number of rotatable bonds is 12. The van der Waals surface area contributed by atoms with Crippen LogP contribution < -0.4 is 14.2 Å². The zero-order chi connectivity index (χ0) is 23.7. The van der Waals surface area contributed by atoms with Crippen molar-refractivity contribution in [3.8, 4) is 17.2 Å². The minimum absolute atomic E-state index is 0.127. The first-order valence-electron chi connectivity index (χ1n) is 10.9. The van der Waals surface area contributed by atoms with E-state index in [1.165, 1.54) is 21.3 Å². The highest BCUT2D eigenvalue weighted by Gasteiger charge is 2.28. The van der Waals surface area contributed by atoms with Crippen LogP contribution in [0.1, 0.15) is 24.2 Å². The maximum absolute atomic E-state index is 13.5. The summed E-state index contributed by atoms with van der Waals surface area (Å²) in [6, 6.07) is 3.35. The van der Waals surface area contributed by atoms with E-state index in [0.717, 1.165) is 6.54 Å². The SMILES string of the molecule is COC[C@@H](O)CN1CCO[C@@H](CN(CC(C)C)C(=O)c2cc(OC)c(OC)c(OC)c2)C1. The van der Waals surface area contributed by atoms with Crippen LogP contribution in [0.2, 0.25) is 0 Å². The minimum Gasteiger partial charge on any atom is -0.493 e. The average Bonchev–Trinajstić information content (AvgIpc) is 2.77. The Morgan fingerprint density at radius 1 is 1.19 bits per heavy atom. The molecule has 0 radical (unpaired) electrons. The van der Waals surface area contributed by atoms with Gasteiger partial charge in [-0.1, -0.05) is 13.8 Å². The van der Waals surface area contributed by atoms with E-state index in [0.29, 0.717) is 62.2 Å². The van der Waals surface area contributed by atoms with E-state index in [1.54, 1.807) is 19.2 Å². The lowest BCUT2D eigenvalue weighted by Gasteiger charge is -2.37. The zero-order valence-corrected chi connectivity index (χ0v) is 20.1. The average molecular weight is 455 g/mol. The summed E-state index contributed by atoms with van der Waals surface area (Å²) in [5, 5.41) is 10.1. The standard InChI is InChI=1S/C23H38N2O7/c1-16(2)11-25(14-19-13-24(7-8-32-19)12-18(26)15-28-3)23(27)17-9-20(29-4)22(31-6)21(10-17)30-5/h9-10,16,18-19,26H,7-8,11-15H2,1-6H3/t18-,19+/m0/s1. The van der Waals surface area contributed by atoms with Crippen molar-refractivity contribution in [3.05, 3.63) is 17.7 Å². The molecule has 1 aromatic carbocycles. The molecular weight excluding hydrogens is 416 g/mol. The quantitative estimate of drug-likeness (QED) is 0.509. The summed E-state index contributed by atoms with van der Waals surface area (Å²) in [7, 11) is 6.16. The van der Waals surface area contributed by atoms with E-state index in [-0.39, 0.29) is 17.9 Å². The van der Waals surface area contributed by atoms with Crippen LogP contribution in [-0.2, 0) is 9.47 Å². The number of amides is 1. The molecule has 9 nitrogen and oxygen atoms in total. The largest absolute Gasteiger partial charge is 0.493 e. The normalized spacial score (nSPS) is 17.8. The molecule has 0 aliphatic carbocycles. The lowest BCUT2D eigenvalue weighted by molar-refractivity contribution is -0.0569. The maximum atomic E-state index is 13.5. The molecule has 1 N–H and O–H groups in total. The zero-order valence-electron chi connectivity index (χ0n) is 20.1. The van der Waals surface area contributed by atoms with E-state index in [1.807, 2.05) is 4.90 Å². The predicted molar refractivity (Wildman–Crippen MR) is 121 cm³/mol. The number of ether oxygens (including phenoxy) is 5. The van der Waals surface area contributed by atoms with Gasteiger partial charge < -0.3 is 33.7 Å². The van der Waals surface area contributed by atoms with E-state index in [9.17, 15) is 9.90 Å². The molecule has 1 fully saturated rings. The van der Waals surface area contributed by atoms with Gasteiger partial charge in [-0.3, -0.25) is 9.69 Å². The summed E-state index contributed by atoms with van der Waals surface area (Å²) < 4.78 is 27.2. The lowest BCUT2D eigenvalue weighted by atomic mass is 10.1. The summed E-state index contributed by atoms with van der Waals surface area (Å²) in [5.41, 5.74) is 0.461. The Hall–Kier alpha value is -2.07. The second-order valence-electron chi connectivity index (χ2n) is 8.38. The highest BCUT2D eigenvalue weighted by Crippen LogP contribution is 2.38. The second-order valence-corrected chi connectivity index (χ2v) is 8.38. The van der Waals surface area contributed by atoms with Crippen LogP contribution in [0.15, 0.2) is 12.1 Å². The lowest BCUT2D eigenvalue weighted by Crippen LogP contribution is -2.51.